The van der Waals surface area contributed by atoms with Crippen LogP contribution in [0.15, 0.2) is 66.7 Å². The van der Waals surface area contributed by atoms with Gasteiger partial charge in [-0.2, -0.15) is 0 Å². The zero-order valence-electron chi connectivity index (χ0n) is 16.7. The Morgan fingerprint density at radius 1 is 1.10 bits per heavy atom. The summed E-state index contributed by atoms with van der Waals surface area (Å²) in [6.45, 7) is 1.81. The number of hydrogen-bond acceptors (Lipinski definition) is 4. The second-order valence-corrected chi connectivity index (χ2v) is 8.30. The molecule has 3 aromatic rings. The van der Waals surface area contributed by atoms with Crippen molar-refractivity contribution in [2.75, 3.05) is 11.6 Å². The minimum atomic E-state index is -0.533. The predicted octanol–water partition coefficient (Wildman–Crippen LogP) is 4.06. The lowest BCUT2D eigenvalue weighted by Crippen LogP contribution is -2.48. The van der Waals surface area contributed by atoms with Crippen LogP contribution < -0.4 is 5.32 Å². The van der Waals surface area contributed by atoms with Gasteiger partial charge in [-0.1, -0.05) is 67.6 Å². The fourth-order valence-electron chi connectivity index (χ4n) is 3.90. The van der Waals surface area contributed by atoms with E-state index in [1.165, 1.54) is 0 Å². The summed E-state index contributed by atoms with van der Waals surface area (Å²) in [7, 11) is 0. The molecule has 1 heterocycles. The van der Waals surface area contributed by atoms with Gasteiger partial charge < -0.3 is 15.3 Å². The largest absolute Gasteiger partial charge is 0.508 e. The van der Waals surface area contributed by atoms with Crippen molar-refractivity contribution >= 4 is 34.3 Å². The standard InChI is InChI=1S/C24H24N2O3S/c1-2-21(28)26-15-30-14-19(26)24(29)25-23(17-9-4-3-5-10-17)22-18-11-7-6-8-16(18)12-13-20(22)27/h3-13,19,23,27H,2,14-15H2,1H3,(H,25,29)/t19-,23-/m1/s1. The summed E-state index contributed by atoms with van der Waals surface area (Å²) < 4.78 is 0. The highest BCUT2D eigenvalue weighted by Crippen LogP contribution is 2.36. The van der Waals surface area contributed by atoms with Crippen LogP contribution in [0.1, 0.15) is 30.5 Å². The summed E-state index contributed by atoms with van der Waals surface area (Å²) in [4.78, 5) is 27.2. The maximum Gasteiger partial charge on any atom is 0.244 e. The normalized spacial score (nSPS) is 17.1. The van der Waals surface area contributed by atoms with Gasteiger partial charge >= 0.3 is 0 Å². The summed E-state index contributed by atoms with van der Waals surface area (Å²) in [5, 5.41) is 15.8. The molecule has 154 valence electrons. The van der Waals surface area contributed by atoms with Crippen molar-refractivity contribution in [3.63, 3.8) is 0 Å². The van der Waals surface area contributed by atoms with Crippen LogP contribution in [0.5, 0.6) is 5.75 Å². The molecule has 0 aliphatic carbocycles. The average molecular weight is 421 g/mol. The number of thioether (sulfide) groups is 1. The summed E-state index contributed by atoms with van der Waals surface area (Å²) in [5.74, 6) is 0.999. The fraction of sp³-hybridized carbons (Fsp3) is 0.250. The van der Waals surface area contributed by atoms with Gasteiger partial charge in [-0.3, -0.25) is 9.59 Å². The van der Waals surface area contributed by atoms with Crippen LogP contribution in [0.3, 0.4) is 0 Å². The summed E-state index contributed by atoms with van der Waals surface area (Å²) in [5.41, 5.74) is 1.53. The Balaban J connectivity index is 1.75. The summed E-state index contributed by atoms with van der Waals surface area (Å²) in [6, 6.07) is 19.9. The number of aromatic hydroxyl groups is 1. The second kappa shape index (κ2) is 8.79. The van der Waals surface area contributed by atoms with Crippen LogP contribution in [0.2, 0.25) is 0 Å². The number of carbonyl (C=O) groups is 2. The average Bonchev–Trinajstić information content (AvgIpc) is 3.28. The monoisotopic (exact) mass is 420 g/mol. The van der Waals surface area contributed by atoms with E-state index in [9.17, 15) is 14.7 Å². The molecule has 1 aliphatic rings. The predicted molar refractivity (Wildman–Crippen MR) is 120 cm³/mol. The molecule has 2 atom stereocenters. The summed E-state index contributed by atoms with van der Waals surface area (Å²) in [6.07, 6.45) is 0.372. The Hall–Kier alpha value is -2.99. The molecule has 2 amide bonds. The molecule has 1 saturated heterocycles. The smallest absolute Gasteiger partial charge is 0.244 e. The number of amides is 2. The first kappa shape index (κ1) is 20.3. The van der Waals surface area contributed by atoms with Crippen molar-refractivity contribution in [1.29, 1.82) is 0 Å². The van der Waals surface area contributed by atoms with Crippen LogP contribution in [0.25, 0.3) is 10.8 Å². The number of hydrogen-bond donors (Lipinski definition) is 2. The topological polar surface area (TPSA) is 69.6 Å². The number of phenolic OH excluding ortho intramolecular Hbond substituents is 1. The van der Waals surface area contributed by atoms with E-state index in [4.69, 9.17) is 0 Å². The van der Waals surface area contributed by atoms with Crippen molar-refractivity contribution < 1.29 is 14.7 Å². The highest BCUT2D eigenvalue weighted by Gasteiger charge is 2.35. The zero-order valence-corrected chi connectivity index (χ0v) is 17.6. The van der Waals surface area contributed by atoms with Gasteiger partial charge in [0.1, 0.15) is 11.8 Å². The van der Waals surface area contributed by atoms with Crippen molar-refractivity contribution in [2.45, 2.75) is 25.4 Å². The van der Waals surface area contributed by atoms with Crippen LogP contribution >= 0.6 is 11.8 Å². The van der Waals surface area contributed by atoms with Gasteiger partial charge in [0.25, 0.3) is 0 Å². The van der Waals surface area contributed by atoms with Gasteiger partial charge in [0.15, 0.2) is 0 Å². The van der Waals surface area contributed by atoms with Crippen molar-refractivity contribution in [1.82, 2.24) is 10.2 Å². The molecule has 0 bridgehead atoms. The Morgan fingerprint density at radius 2 is 1.83 bits per heavy atom. The molecule has 0 aromatic heterocycles. The lowest BCUT2D eigenvalue weighted by molar-refractivity contribution is -0.138. The van der Waals surface area contributed by atoms with E-state index < -0.39 is 12.1 Å². The first-order valence-electron chi connectivity index (χ1n) is 10.0. The highest BCUT2D eigenvalue weighted by molar-refractivity contribution is 7.99. The Labute approximate surface area is 180 Å². The molecular weight excluding hydrogens is 396 g/mol. The van der Waals surface area contributed by atoms with Gasteiger partial charge in [0.05, 0.1) is 11.9 Å². The molecule has 5 nitrogen and oxygen atoms in total. The maximum atomic E-state index is 13.3. The van der Waals surface area contributed by atoms with Crippen molar-refractivity contribution in [2.24, 2.45) is 0 Å². The van der Waals surface area contributed by atoms with Crippen molar-refractivity contribution in [3.05, 3.63) is 77.9 Å². The van der Waals surface area contributed by atoms with Gasteiger partial charge in [-0.15, -0.1) is 11.8 Å². The molecule has 1 fully saturated rings. The molecule has 0 unspecified atom stereocenters. The molecule has 30 heavy (non-hydrogen) atoms. The lowest BCUT2D eigenvalue weighted by atomic mass is 9.92. The van der Waals surface area contributed by atoms with Crippen LogP contribution in [0, 0.1) is 0 Å². The Morgan fingerprint density at radius 3 is 2.60 bits per heavy atom. The van der Waals surface area contributed by atoms with E-state index in [1.807, 2.05) is 60.7 Å². The molecule has 3 aromatic carbocycles. The number of benzene rings is 3. The van der Waals surface area contributed by atoms with Gasteiger partial charge in [-0.25, -0.2) is 0 Å². The SMILES string of the molecule is CCC(=O)N1CSC[C@@H]1C(=O)N[C@H](c1ccccc1)c1c(O)ccc2ccccc12. The van der Waals surface area contributed by atoms with Crippen LogP contribution in [-0.4, -0.2) is 39.5 Å². The third-order valence-electron chi connectivity index (χ3n) is 5.46. The van der Waals surface area contributed by atoms with Gasteiger partial charge in [0.2, 0.25) is 11.8 Å². The van der Waals surface area contributed by atoms with Gasteiger partial charge in [-0.05, 0) is 22.4 Å². The second-order valence-electron chi connectivity index (χ2n) is 7.30. The first-order chi connectivity index (χ1) is 14.6. The minimum Gasteiger partial charge on any atom is -0.508 e. The van der Waals surface area contributed by atoms with Crippen molar-refractivity contribution in [3.8, 4) is 5.75 Å². The lowest BCUT2D eigenvalue weighted by Gasteiger charge is -2.27. The number of carbonyl (C=O) groups excluding carboxylic acids is 2. The molecular formula is C24H24N2O3S. The Kier molecular flexibility index (Phi) is 5.95. The number of nitrogens with one attached hydrogen (secondary N) is 1. The highest BCUT2D eigenvalue weighted by atomic mass is 32.2. The minimum absolute atomic E-state index is 0.0237. The van der Waals surface area contributed by atoms with E-state index in [2.05, 4.69) is 5.32 Å². The van der Waals surface area contributed by atoms with Crippen LogP contribution in [-0.2, 0) is 9.59 Å². The van der Waals surface area contributed by atoms with E-state index in [1.54, 1.807) is 29.7 Å². The summed E-state index contributed by atoms with van der Waals surface area (Å²) >= 11 is 1.58. The van der Waals surface area contributed by atoms with E-state index in [0.29, 0.717) is 23.6 Å². The van der Waals surface area contributed by atoms with Gasteiger partial charge in [0, 0.05) is 17.7 Å². The molecule has 0 saturated carbocycles. The number of nitrogens with zero attached hydrogens (tertiary/aromatic N) is 1. The van der Waals surface area contributed by atoms with E-state index >= 15 is 0 Å². The zero-order chi connectivity index (χ0) is 21.1. The molecule has 0 radical (unpaired) electrons. The third kappa shape index (κ3) is 3.87. The molecule has 0 spiro atoms. The number of phenols is 1. The fourth-order valence-corrected chi connectivity index (χ4v) is 5.08. The molecule has 6 heteroatoms. The quantitative estimate of drug-likeness (QED) is 0.653. The Bertz CT molecular complexity index is 1070. The number of fused-ring (bicyclic) bond motifs is 1. The first-order valence-corrected chi connectivity index (χ1v) is 11.2. The maximum absolute atomic E-state index is 13.3. The molecule has 4 rings (SSSR count). The molecule has 1 aliphatic heterocycles. The van der Waals surface area contributed by atoms with Crippen LogP contribution in [0.4, 0.5) is 0 Å². The van der Waals surface area contributed by atoms with E-state index in [-0.39, 0.29) is 17.6 Å². The number of rotatable bonds is 5. The third-order valence-corrected chi connectivity index (χ3v) is 6.48. The van der Waals surface area contributed by atoms with E-state index in [0.717, 1.165) is 16.3 Å². The molecule has 2 N–H and O–H groups in total.